The number of allylic oxidation sites excluding steroid dienone is 10. The third kappa shape index (κ3) is 39.8. The smallest absolute Gasteiger partial charge is 0.472 e. The number of rotatable bonds is 40. The number of carbonyl (C=O) groups is 3. The number of ether oxygens (including phenoxy) is 1. The summed E-state index contributed by atoms with van der Waals surface area (Å²) >= 11 is 0. The number of phosphoric acid groups is 1. The van der Waals surface area contributed by atoms with Gasteiger partial charge in [0, 0.05) is 12.8 Å². The molecule has 0 aromatic rings. The van der Waals surface area contributed by atoms with Crippen LogP contribution in [0.1, 0.15) is 174 Å². The summed E-state index contributed by atoms with van der Waals surface area (Å²) in [6, 6.07) is -1.55. The quantitative estimate of drug-likeness (QED) is 0.0202. The number of unbranched alkanes of at least 4 members (excludes halogenated alkanes) is 16. The number of hydrogen-bond donors (Lipinski definition) is 4. The highest BCUT2D eigenvalue weighted by Gasteiger charge is 2.28. The molecule has 12 heteroatoms. The number of hydrogen-bond acceptors (Lipinski definition) is 8. The first kappa shape index (κ1) is 54.2. The predicted molar refractivity (Wildman–Crippen MR) is 231 cm³/mol. The maximum Gasteiger partial charge on any atom is 0.472 e. The van der Waals surface area contributed by atoms with Crippen molar-refractivity contribution in [2.45, 2.75) is 187 Å². The third-order valence-corrected chi connectivity index (χ3v) is 10.0. The minimum absolute atomic E-state index is 0.143. The molecule has 0 fully saturated rings. The Morgan fingerprint density at radius 1 is 0.579 bits per heavy atom. The molecule has 0 heterocycles. The van der Waals surface area contributed by atoms with Gasteiger partial charge in [0.2, 0.25) is 5.91 Å². The number of carbonyl (C=O) groups excluding carboxylic acids is 2. The van der Waals surface area contributed by atoms with E-state index in [1.54, 1.807) is 0 Å². The fraction of sp³-hybridized carbons (Fsp3) is 0.711. The third-order valence-electron chi connectivity index (χ3n) is 9.07. The van der Waals surface area contributed by atoms with Crippen molar-refractivity contribution in [3.63, 3.8) is 0 Å². The highest BCUT2D eigenvalue weighted by Crippen LogP contribution is 2.43. The normalized spacial score (nSPS) is 14.3. The van der Waals surface area contributed by atoms with Crippen LogP contribution >= 0.6 is 7.82 Å². The summed E-state index contributed by atoms with van der Waals surface area (Å²) in [6.45, 7) is 2.42. The molecule has 0 aromatic heterocycles. The number of carboxylic acid groups (broad SMARTS) is 1. The first-order chi connectivity index (χ1) is 27.6. The Kier molecular flexibility index (Phi) is 38.0. The van der Waals surface area contributed by atoms with Crippen LogP contribution in [-0.4, -0.2) is 64.9 Å². The Morgan fingerprint density at radius 3 is 1.49 bits per heavy atom. The molecule has 0 aliphatic carbocycles. The molecule has 0 radical (unpaired) electrons. The Bertz CT molecular complexity index is 1200. The second kappa shape index (κ2) is 40.0. The number of carboxylic acids is 1. The van der Waals surface area contributed by atoms with Gasteiger partial charge in [0.15, 0.2) is 6.04 Å². The summed E-state index contributed by atoms with van der Waals surface area (Å²) in [6.07, 6.45) is 45.3. The van der Waals surface area contributed by atoms with Crippen LogP contribution in [0.4, 0.5) is 0 Å². The highest BCUT2D eigenvalue weighted by molar-refractivity contribution is 7.47. The average molecular weight is 824 g/mol. The molecule has 0 rings (SSSR count). The molecule has 3 unspecified atom stereocenters. The van der Waals surface area contributed by atoms with Crippen LogP contribution < -0.4 is 5.32 Å². The molecule has 0 saturated heterocycles. The lowest BCUT2D eigenvalue weighted by atomic mass is 10.0. The highest BCUT2D eigenvalue weighted by atomic mass is 31.2. The molecule has 0 aliphatic rings. The first-order valence-corrected chi connectivity index (χ1v) is 23.3. The zero-order valence-corrected chi connectivity index (χ0v) is 36.3. The lowest BCUT2D eigenvalue weighted by Crippen LogP contribution is -2.43. The van der Waals surface area contributed by atoms with E-state index in [2.05, 4.69) is 67.8 Å². The number of aliphatic hydroxyl groups is 1. The van der Waals surface area contributed by atoms with E-state index in [1.807, 2.05) is 12.2 Å². The van der Waals surface area contributed by atoms with Crippen LogP contribution in [0.5, 0.6) is 0 Å². The van der Waals surface area contributed by atoms with E-state index >= 15 is 0 Å². The van der Waals surface area contributed by atoms with Crippen molar-refractivity contribution in [1.29, 1.82) is 0 Å². The van der Waals surface area contributed by atoms with Crippen molar-refractivity contribution < 1.29 is 47.8 Å². The van der Waals surface area contributed by atoms with Gasteiger partial charge in [-0.2, -0.15) is 0 Å². The molecule has 0 aliphatic heterocycles. The molecular weight excluding hydrogens is 745 g/mol. The maximum atomic E-state index is 12.3. The van der Waals surface area contributed by atoms with Crippen LogP contribution in [0.3, 0.4) is 0 Å². The SMILES string of the molecule is CC/C=C\C/C=C\C/C=C\C/C=C\C/C=C\CCCC(=O)OCC(O)COP(=O)(O)OCC(NC(=O)CCCCCCCCCCCCCCCCCC)C(=O)O. The van der Waals surface area contributed by atoms with Crippen molar-refractivity contribution >= 4 is 25.7 Å². The fourth-order valence-corrected chi connectivity index (χ4v) is 6.48. The number of esters is 1. The van der Waals surface area contributed by atoms with Crippen LogP contribution in [-0.2, 0) is 32.7 Å². The minimum atomic E-state index is -4.77. The molecule has 0 bridgehead atoms. The van der Waals surface area contributed by atoms with E-state index in [0.29, 0.717) is 19.3 Å². The molecule has 4 N–H and O–H groups in total. The van der Waals surface area contributed by atoms with Gasteiger partial charge in [-0.05, 0) is 51.4 Å². The molecule has 0 saturated carbocycles. The van der Waals surface area contributed by atoms with Crippen molar-refractivity contribution in [1.82, 2.24) is 5.32 Å². The van der Waals surface area contributed by atoms with E-state index in [0.717, 1.165) is 51.4 Å². The fourth-order valence-electron chi connectivity index (χ4n) is 5.70. The summed E-state index contributed by atoms with van der Waals surface area (Å²) in [5.41, 5.74) is 0. The molecular formula is C45H78NO10P. The van der Waals surface area contributed by atoms with Crippen LogP contribution in [0, 0.1) is 0 Å². The van der Waals surface area contributed by atoms with Crippen LogP contribution in [0.25, 0.3) is 0 Å². The average Bonchev–Trinajstić information content (AvgIpc) is 3.18. The zero-order chi connectivity index (χ0) is 42.1. The molecule has 0 aromatic carbocycles. The van der Waals surface area contributed by atoms with E-state index in [4.69, 9.17) is 13.8 Å². The predicted octanol–water partition coefficient (Wildman–Crippen LogP) is 11.2. The molecule has 57 heavy (non-hydrogen) atoms. The van der Waals surface area contributed by atoms with E-state index < -0.39 is 57.6 Å². The number of aliphatic carboxylic acids is 1. The van der Waals surface area contributed by atoms with Gasteiger partial charge in [-0.15, -0.1) is 0 Å². The van der Waals surface area contributed by atoms with Crippen molar-refractivity contribution in [2.24, 2.45) is 0 Å². The molecule has 0 spiro atoms. The van der Waals surface area contributed by atoms with E-state index in [-0.39, 0.29) is 12.8 Å². The van der Waals surface area contributed by atoms with E-state index in [9.17, 15) is 34.1 Å². The Morgan fingerprint density at radius 2 is 1.02 bits per heavy atom. The van der Waals surface area contributed by atoms with Crippen LogP contribution in [0.2, 0.25) is 0 Å². The molecule has 3 atom stereocenters. The second-order valence-corrected chi connectivity index (χ2v) is 16.0. The Labute approximate surface area is 345 Å². The first-order valence-electron chi connectivity index (χ1n) is 21.8. The standard InChI is InChI=1S/C45H78NO10P/c1-3-5-7-9-11-13-15-17-19-21-23-25-27-29-31-33-35-37-44(49)54-38-41(47)39-55-57(52,53)56-40-42(45(50)51)46-43(48)36-34-32-30-28-26-24-22-20-18-16-14-12-10-8-6-4-2/h5,7,11,13,17,19,23,25,29,31,41-42,47H,3-4,6,8-10,12,14-16,18,20-22,24,26-28,30,32-40H2,1-2H3,(H,46,48)(H,50,51)(H,52,53)/b7-5-,13-11-,19-17-,25-23-,31-29-. The van der Waals surface area contributed by atoms with Gasteiger partial charge in [0.05, 0.1) is 13.2 Å². The van der Waals surface area contributed by atoms with Gasteiger partial charge >= 0.3 is 19.8 Å². The second-order valence-electron chi connectivity index (χ2n) is 14.5. The largest absolute Gasteiger partial charge is 0.480 e. The number of amides is 1. The van der Waals surface area contributed by atoms with Gasteiger partial charge in [-0.1, -0.05) is 171 Å². The maximum absolute atomic E-state index is 12.3. The Hall–Kier alpha value is -2.82. The number of aliphatic hydroxyl groups excluding tert-OH is 1. The van der Waals surface area contributed by atoms with Crippen LogP contribution in [0.15, 0.2) is 60.8 Å². The summed E-state index contributed by atoms with van der Waals surface area (Å²) in [7, 11) is -4.77. The van der Waals surface area contributed by atoms with Gasteiger partial charge in [-0.3, -0.25) is 18.6 Å². The van der Waals surface area contributed by atoms with Gasteiger partial charge < -0.3 is 25.2 Å². The van der Waals surface area contributed by atoms with E-state index in [1.165, 1.54) is 77.0 Å². The van der Waals surface area contributed by atoms with Crippen molar-refractivity contribution in [2.75, 3.05) is 19.8 Å². The monoisotopic (exact) mass is 824 g/mol. The van der Waals surface area contributed by atoms with Gasteiger partial charge in [-0.25, -0.2) is 9.36 Å². The van der Waals surface area contributed by atoms with Gasteiger partial charge in [0.1, 0.15) is 12.7 Å². The molecule has 11 nitrogen and oxygen atoms in total. The number of phosphoric ester groups is 1. The van der Waals surface area contributed by atoms with Crippen molar-refractivity contribution in [3.8, 4) is 0 Å². The topological polar surface area (TPSA) is 169 Å². The summed E-state index contributed by atoms with van der Waals surface area (Å²) in [4.78, 5) is 45.9. The molecule has 328 valence electrons. The lowest BCUT2D eigenvalue weighted by Gasteiger charge is -2.18. The van der Waals surface area contributed by atoms with Crippen molar-refractivity contribution in [3.05, 3.63) is 60.8 Å². The zero-order valence-electron chi connectivity index (χ0n) is 35.4. The minimum Gasteiger partial charge on any atom is -0.480 e. The number of nitrogens with one attached hydrogen (secondary N) is 1. The Balaban J connectivity index is 3.98. The lowest BCUT2D eigenvalue weighted by molar-refractivity contribution is -0.147. The summed E-state index contributed by atoms with van der Waals surface area (Å²) in [5.74, 6) is -2.44. The summed E-state index contributed by atoms with van der Waals surface area (Å²) < 4.78 is 26.8. The van der Waals surface area contributed by atoms with Gasteiger partial charge in [0.25, 0.3) is 0 Å². The summed E-state index contributed by atoms with van der Waals surface area (Å²) in [5, 5.41) is 21.8. The molecule has 1 amide bonds.